The SMILES string of the molecule is CCNC(=O)CN(CC(F)(F)F)c1ccc(C#N)c(C#N)c1. The molecule has 1 amide bonds. The van der Waals surface area contributed by atoms with Gasteiger partial charge in [0.05, 0.1) is 17.7 Å². The smallest absolute Gasteiger partial charge is 0.355 e. The number of amides is 1. The van der Waals surface area contributed by atoms with Crippen LogP contribution in [0.25, 0.3) is 0 Å². The Hall–Kier alpha value is -2.74. The van der Waals surface area contributed by atoms with Gasteiger partial charge in [-0.15, -0.1) is 0 Å². The van der Waals surface area contributed by atoms with Gasteiger partial charge in [0.1, 0.15) is 18.7 Å². The minimum atomic E-state index is -4.51. The summed E-state index contributed by atoms with van der Waals surface area (Å²) in [6.45, 7) is 0.127. The third-order valence-electron chi connectivity index (χ3n) is 2.69. The van der Waals surface area contributed by atoms with E-state index < -0.39 is 25.2 Å². The molecule has 0 saturated carbocycles. The van der Waals surface area contributed by atoms with Crippen LogP contribution < -0.4 is 10.2 Å². The van der Waals surface area contributed by atoms with Crippen LogP contribution in [0.15, 0.2) is 18.2 Å². The summed E-state index contributed by atoms with van der Waals surface area (Å²) >= 11 is 0. The van der Waals surface area contributed by atoms with Gasteiger partial charge in [-0.3, -0.25) is 4.79 Å². The quantitative estimate of drug-likeness (QED) is 0.901. The molecule has 0 aliphatic heterocycles. The molecule has 0 fully saturated rings. The first-order valence-electron chi connectivity index (χ1n) is 6.33. The summed E-state index contributed by atoms with van der Waals surface area (Å²) in [4.78, 5) is 12.4. The monoisotopic (exact) mass is 310 g/mol. The lowest BCUT2D eigenvalue weighted by Gasteiger charge is -2.25. The summed E-state index contributed by atoms with van der Waals surface area (Å²) in [6.07, 6.45) is -4.51. The third kappa shape index (κ3) is 4.98. The summed E-state index contributed by atoms with van der Waals surface area (Å²) in [5.74, 6) is -0.561. The van der Waals surface area contributed by atoms with Crippen molar-refractivity contribution in [2.75, 3.05) is 24.5 Å². The topological polar surface area (TPSA) is 79.9 Å². The van der Waals surface area contributed by atoms with Crippen molar-refractivity contribution in [3.05, 3.63) is 29.3 Å². The van der Waals surface area contributed by atoms with Crippen molar-refractivity contribution in [3.8, 4) is 12.1 Å². The number of hydrogen-bond donors (Lipinski definition) is 1. The minimum absolute atomic E-state index is 0.0388. The highest BCUT2D eigenvalue weighted by molar-refractivity contribution is 5.81. The molecule has 1 rings (SSSR count). The molecule has 1 aromatic rings. The van der Waals surface area contributed by atoms with E-state index in [2.05, 4.69) is 5.32 Å². The van der Waals surface area contributed by atoms with Gasteiger partial charge in [0.25, 0.3) is 0 Å². The van der Waals surface area contributed by atoms with Crippen molar-refractivity contribution in [1.82, 2.24) is 5.32 Å². The molecule has 0 aromatic heterocycles. The highest BCUT2D eigenvalue weighted by Crippen LogP contribution is 2.24. The standard InChI is InChI=1S/C14H13F3N4O/c1-2-20-13(22)8-21(9-14(15,16)17)12-4-3-10(6-18)11(5-12)7-19/h3-5H,2,8-9H2,1H3,(H,20,22). The molecule has 0 heterocycles. The third-order valence-corrected chi connectivity index (χ3v) is 2.69. The van der Waals surface area contributed by atoms with Crippen LogP contribution >= 0.6 is 0 Å². The van der Waals surface area contributed by atoms with Gasteiger partial charge < -0.3 is 10.2 Å². The normalized spacial score (nSPS) is 10.5. The molecule has 1 N–H and O–H groups in total. The van der Waals surface area contributed by atoms with Gasteiger partial charge in [0.15, 0.2) is 0 Å². The van der Waals surface area contributed by atoms with E-state index in [-0.39, 0.29) is 16.8 Å². The van der Waals surface area contributed by atoms with Gasteiger partial charge in [-0.05, 0) is 25.1 Å². The lowest BCUT2D eigenvalue weighted by molar-refractivity contribution is -0.124. The molecule has 0 unspecified atom stereocenters. The Balaban J connectivity index is 3.13. The number of benzene rings is 1. The number of carbonyl (C=O) groups is 1. The maximum absolute atomic E-state index is 12.7. The predicted molar refractivity (Wildman–Crippen MR) is 72.8 cm³/mol. The molecule has 0 saturated heterocycles. The number of alkyl halides is 3. The Morgan fingerprint density at radius 1 is 1.27 bits per heavy atom. The van der Waals surface area contributed by atoms with E-state index in [1.807, 2.05) is 0 Å². The Morgan fingerprint density at radius 2 is 1.91 bits per heavy atom. The number of halogens is 3. The predicted octanol–water partition coefficient (Wildman–Crippen LogP) is 1.93. The largest absolute Gasteiger partial charge is 0.405 e. The molecule has 5 nitrogen and oxygen atoms in total. The molecule has 116 valence electrons. The van der Waals surface area contributed by atoms with Crippen LogP contribution in [0.3, 0.4) is 0 Å². The maximum atomic E-state index is 12.7. The summed E-state index contributed by atoms with van der Waals surface area (Å²) in [7, 11) is 0. The Morgan fingerprint density at radius 3 is 2.41 bits per heavy atom. The van der Waals surface area contributed by atoms with Crippen molar-refractivity contribution >= 4 is 11.6 Å². The molecule has 1 aromatic carbocycles. The van der Waals surface area contributed by atoms with Gasteiger partial charge in [0.2, 0.25) is 5.91 Å². The number of likely N-dealkylation sites (N-methyl/N-ethyl adjacent to an activating group) is 1. The van der Waals surface area contributed by atoms with Crippen molar-refractivity contribution in [2.45, 2.75) is 13.1 Å². The Bertz CT molecular complexity index is 628. The average Bonchev–Trinajstić information content (AvgIpc) is 2.44. The molecule has 8 heteroatoms. The zero-order valence-electron chi connectivity index (χ0n) is 11.7. The van der Waals surface area contributed by atoms with Crippen LogP contribution in [0.4, 0.5) is 18.9 Å². The van der Waals surface area contributed by atoms with E-state index in [0.29, 0.717) is 6.54 Å². The molecule has 22 heavy (non-hydrogen) atoms. The van der Waals surface area contributed by atoms with Crippen LogP contribution in [0.2, 0.25) is 0 Å². The number of nitriles is 2. The molecule has 0 aliphatic carbocycles. The molecular weight excluding hydrogens is 297 g/mol. The summed E-state index contributed by atoms with van der Waals surface area (Å²) in [5, 5.41) is 20.2. The number of rotatable bonds is 5. The van der Waals surface area contributed by atoms with E-state index in [0.717, 1.165) is 4.90 Å². The summed E-state index contributed by atoms with van der Waals surface area (Å²) in [6, 6.07) is 7.24. The first-order chi connectivity index (χ1) is 10.3. The maximum Gasteiger partial charge on any atom is 0.405 e. The van der Waals surface area contributed by atoms with Crippen molar-refractivity contribution < 1.29 is 18.0 Å². The zero-order valence-corrected chi connectivity index (χ0v) is 11.7. The number of nitrogens with one attached hydrogen (secondary N) is 1. The fourth-order valence-corrected chi connectivity index (χ4v) is 1.80. The molecular formula is C14H13F3N4O. The fourth-order valence-electron chi connectivity index (χ4n) is 1.80. The van der Waals surface area contributed by atoms with Gasteiger partial charge >= 0.3 is 6.18 Å². The highest BCUT2D eigenvalue weighted by Gasteiger charge is 2.32. The number of hydrogen-bond acceptors (Lipinski definition) is 4. The van der Waals surface area contributed by atoms with Crippen LogP contribution in [0.1, 0.15) is 18.1 Å². The lowest BCUT2D eigenvalue weighted by Crippen LogP contribution is -2.42. The van der Waals surface area contributed by atoms with E-state index in [9.17, 15) is 18.0 Å². The second-order valence-electron chi connectivity index (χ2n) is 4.38. The van der Waals surface area contributed by atoms with Crippen molar-refractivity contribution in [3.63, 3.8) is 0 Å². The molecule has 0 aliphatic rings. The minimum Gasteiger partial charge on any atom is -0.355 e. The number of anilines is 1. The molecule has 0 bridgehead atoms. The molecule has 0 radical (unpaired) electrons. The molecule has 0 spiro atoms. The number of nitrogens with zero attached hydrogens (tertiary/aromatic N) is 3. The lowest BCUT2D eigenvalue weighted by atomic mass is 10.1. The fraction of sp³-hybridized carbons (Fsp3) is 0.357. The Kier molecular flexibility index (Phi) is 5.76. The highest BCUT2D eigenvalue weighted by atomic mass is 19.4. The van der Waals surface area contributed by atoms with E-state index in [4.69, 9.17) is 10.5 Å². The second-order valence-corrected chi connectivity index (χ2v) is 4.38. The first-order valence-corrected chi connectivity index (χ1v) is 6.33. The van der Waals surface area contributed by atoms with Gasteiger partial charge in [-0.2, -0.15) is 23.7 Å². The summed E-state index contributed by atoms with van der Waals surface area (Å²) in [5.41, 5.74) is 0.0819. The van der Waals surface area contributed by atoms with Crippen LogP contribution in [-0.4, -0.2) is 31.7 Å². The van der Waals surface area contributed by atoms with Crippen molar-refractivity contribution in [1.29, 1.82) is 10.5 Å². The zero-order chi connectivity index (χ0) is 16.8. The van der Waals surface area contributed by atoms with Crippen LogP contribution in [0, 0.1) is 22.7 Å². The van der Waals surface area contributed by atoms with Gasteiger partial charge in [-0.25, -0.2) is 0 Å². The van der Waals surface area contributed by atoms with Crippen LogP contribution in [-0.2, 0) is 4.79 Å². The van der Waals surface area contributed by atoms with E-state index in [1.54, 1.807) is 19.1 Å². The van der Waals surface area contributed by atoms with E-state index >= 15 is 0 Å². The first kappa shape index (κ1) is 17.3. The Labute approximate surface area is 125 Å². The molecule has 0 atom stereocenters. The van der Waals surface area contributed by atoms with Gasteiger partial charge in [0, 0.05) is 12.2 Å². The average molecular weight is 310 g/mol. The second kappa shape index (κ2) is 7.32. The van der Waals surface area contributed by atoms with E-state index in [1.165, 1.54) is 18.2 Å². The summed E-state index contributed by atoms with van der Waals surface area (Å²) < 4.78 is 38.0. The van der Waals surface area contributed by atoms with Crippen molar-refractivity contribution in [2.24, 2.45) is 0 Å². The number of carbonyl (C=O) groups excluding carboxylic acids is 1. The van der Waals surface area contributed by atoms with Crippen LogP contribution in [0.5, 0.6) is 0 Å². The van der Waals surface area contributed by atoms with Gasteiger partial charge in [-0.1, -0.05) is 0 Å².